The molecular weight excluding hydrogens is 335 g/mol. The summed E-state index contributed by atoms with van der Waals surface area (Å²) in [5.74, 6) is 1.28. The molecule has 0 aliphatic heterocycles. The Bertz CT molecular complexity index is 670. The lowest BCUT2D eigenvalue weighted by Crippen LogP contribution is -2.08. The van der Waals surface area contributed by atoms with E-state index in [1.54, 1.807) is 7.11 Å². The topological polar surface area (TPSA) is 9.23 Å². The average molecular weight is 373 g/mol. The van der Waals surface area contributed by atoms with Crippen molar-refractivity contribution in [2.24, 2.45) is 11.8 Å². The van der Waals surface area contributed by atoms with E-state index >= 15 is 0 Å². The first-order chi connectivity index (χ1) is 12.9. The summed E-state index contributed by atoms with van der Waals surface area (Å²) in [5, 5.41) is 0. The Morgan fingerprint density at radius 2 is 2.07 bits per heavy atom. The maximum Gasteiger partial charge on any atom is 0.0962 e. The molecule has 2 unspecified atom stereocenters. The van der Waals surface area contributed by atoms with Crippen molar-refractivity contribution in [3.63, 3.8) is 0 Å². The Labute approximate surface area is 166 Å². The van der Waals surface area contributed by atoms with Gasteiger partial charge in [0.15, 0.2) is 0 Å². The molecule has 0 saturated carbocycles. The molecule has 0 heterocycles. The first kappa shape index (κ1) is 23.2. The van der Waals surface area contributed by atoms with E-state index in [1.807, 2.05) is 13.8 Å². The molecule has 0 radical (unpaired) electrons. The second-order valence-corrected chi connectivity index (χ2v) is 7.59. The van der Waals surface area contributed by atoms with Gasteiger partial charge in [-0.05, 0) is 58.1 Å². The lowest BCUT2D eigenvalue weighted by atomic mass is 9.83. The number of rotatable bonds is 9. The van der Waals surface area contributed by atoms with Gasteiger partial charge >= 0.3 is 0 Å². The van der Waals surface area contributed by atoms with E-state index in [0.717, 1.165) is 25.0 Å². The minimum absolute atomic E-state index is 0.0459. The van der Waals surface area contributed by atoms with Crippen LogP contribution in [0.2, 0.25) is 0 Å². The minimum Gasteiger partial charge on any atom is -0.501 e. The monoisotopic (exact) mass is 372 g/mol. The van der Waals surface area contributed by atoms with Crippen LogP contribution in [0.25, 0.3) is 0 Å². The highest BCUT2D eigenvalue weighted by atomic mass is 19.1. The zero-order valence-electron chi connectivity index (χ0n) is 18.2. The summed E-state index contributed by atoms with van der Waals surface area (Å²) in [4.78, 5) is 0. The highest BCUT2D eigenvalue weighted by Gasteiger charge is 2.16. The van der Waals surface area contributed by atoms with Gasteiger partial charge in [-0.25, -0.2) is 0 Å². The predicted molar refractivity (Wildman–Crippen MR) is 116 cm³/mol. The van der Waals surface area contributed by atoms with Crippen LogP contribution in [0.4, 0.5) is 4.39 Å². The van der Waals surface area contributed by atoms with E-state index in [-0.39, 0.29) is 12.6 Å². The molecule has 27 heavy (non-hydrogen) atoms. The molecular formula is C25H37FO. The van der Waals surface area contributed by atoms with Gasteiger partial charge < -0.3 is 4.74 Å². The molecule has 2 atom stereocenters. The first-order valence-electron chi connectivity index (χ1n) is 10.0. The lowest BCUT2D eigenvalue weighted by molar-refractivity contribution is 0.288. The van der Waals surface area contributed by atoms with Crippen LogP contribution < -0.4 is 0 Å². The largest absolute Gasteiger partial charge is 0.501 e. The summed E-state index contributed by atoms with van der Waals surface area (Å²) >= 11 is 0. The first-order valence-corrected chi connectivity index (χ1v) is 10.0. The normalized spacial score (nSPS) is 21.0. The number of methoxy groups -OCH3 is 1. The van der Waals surface area contributed by atoms with Crippen LogP contribution in [-0.2, 0) is 4.74 Å². The Kier molecular flexibility index (Phi) is 10.1. The Hall–Kier alpha value is -1.83. The fraction of sp³-hybridized carbons (Fsp3) is 0.520. The van der Waals surface area contributed by atoms with Gasteiger partial charge in [-0.3, -0.25) is 4.39 Å². The Balaban J connectivity index is 3.13. The van der Waals surface area contributed by atoms with Crippen LogP contribution >= 0.6 is 0 Å². The summed E-state index contributed by atoms with van der Waals surface area (Å²) in [7, 11) is 1.72. The highest BCUT2D eigenvalue weighted by Crippen LogP contribution is 2.31. The molecule has 0 fully saturated rings. The van der Waals surface area contributed by atoms with Crippen molar-refractivity contribution in [3.05, 3.63) is 70.1 Å². The van der Waals surface area contributed by atoms with Gasteiger partial charge in [0.2, 0.25) is 0 Å². The van der Waals surface area contributed by atoms with E-state index in [0.29, 0.717) is 5.92 Å². The zero-order valence-corrected chi connectivity index (χ0v) is 18.2. The fourth-order valence-electron chi connectivity index (χ4n) is 3.58. The summed E-state index contributed by atoms with van der Waals surface area (Å²) < 4.78 is 18.6. The van der Waals surface area contributed by atoms with Gasteiger partial charge in [-0.2, -0.15) is 0 Å². The molecule has 0 bridgehead atoms. The smallest absolute Gasteiger partial charge is 0.0962 e. The number of hydrogen-bond acceptors (Lipinski definition) is 1. The highest BCUT2D eigenvalue weighted by molar-refractivity contribution is 5.43. The van der Waals surface area contributed by atoms with Crippen molar-refractivity contribution in [2.45, 2.75) is 60.8 Å². The Morgan fingerprint density at radius 1 is 1.37 bits per heavy atom. The molecule has 2 heteroatoms. The lowest BCUT2D eigenvalue weighted by Gasteiger charge is -2.22. The predicted octanol–water partition coefficient (Wildman–Crippen LogP) is 7.65. The molecule has 0 spiro atoms. The third-order valence-electron chi connectivity index (χ3n) is 5.11. The molecule has 0 aromatic carbocycles. The maximum absolute atomic E-state index is 13.2. The van der Waals surface area contributed by atoms with Gasteiger partial charge in [-0.1, -0.05) is 67.0 Å². The van der Waals surface area contributed by atoms with Crippen LogP contribution in [0.5, 0.6) is 0 Å². The number of allylic oxidation sites excluding steroid dienone is 12. The Morgan fingerprint density at radius 3 is 2.59 bits per heavy atom. The summed E-state index contributed by atoms with van der Waals surface area (Å²) in [6, 6.07) is 0. The molecule has 0 saturated heterocycles. The van der Waals surface area contributed by atoms with Crippen LogP contribution in [0.3, 0.4) is 0 Å². The maximum atomic E-state index is 13.2. The van der Waals surface area contributed by atoms with Crippen molar-refractivity contribution in [1.29, 1.82) is 0 Å². The molecule has 1 aliphatic carbocycles. The van der Waals surface area contributed by atoms with Crippen molar-refractivity contribution in [1.82, 2.24) is 0 Å². The minimum atomic E-state index is -0.312. The molecule has 0 aromatic heterocycles. The van der Waals surface area contributed by atoms with Crippen LogP contribution in [-0.4, -0.2) is 13.8 Å². The van der Waals surface area contributed by atoms with Crippen molar-refractivity contribution in [3.8, 4) is 0 Å². The molecule has 1 nitrogen and oxygen atoms in total. The standard InChI is InChI=1S/C25H37FO/c1-8-22(25(9-2)21(6)27-7)14-19(4)15-24(16-20(5)17-26)23-12-10-11-18(3)13-23/h8,10-12,14,16,20,23H,9,13,15,17H2,1-7H3/b19-14-,22-8+,24-16+,25-21+. The van der Waals surface area contributed by atoms with Gasteiger partial charge in [-0.15, -0.1) is 0 Å². The quantitative estimate of drug-likeness (QED) is 0.229. The van der Waals surface area contributed by atoms with Crippen molar-refractivity contribution >= 4 is 0 Å². The summed E-state index contributed by atoms with van der Waals surface area (Å²) in [5.41, 5.74) is 6.43. The molecule has 0 amide bonds. The van der Waals surface area contributed by atoms with Crippen molar-refractivity contribution in [2.75, 3.05) is 13.8 Å². The molecule has 1 rings (SSSR count). The third kappa shape index (κ3) is 7.36. The molecule has 150 valence electrons. The van der Waals surface area contributed by atoms with E-state index in [9.17, 15) is 4.39 Å². The number of halogens is 1. The summed E-state index contributed by atoms with van der Waals surface area (Å²) in [6.45, 7) is 12.2. The SMILES string of the molecule is C/C=C(\C=C(\C)C/C(=C\C(C)CF)C1C=CC=C(C)C1)C(/CC)=C(\C)OC. The van der Waals surface area contributed by atoms with Gasteiger partial charge in [0.25, 0.3) is 0 Å². The van der Waals surface area contributed by atoms with E-state index in [1.165, 1.54) is 27.9 Å². The number of ether oxygens (including phenoxy) is 1. The zero-order chi connectivity index (χ0) is 20.4. The second-order valence-electron chi connectivity index (χ2n) is 7.59. The number of hydrogen-bond donors (Lipinski definition) is 0. The van der Waals surface area contributed by atoms with Crippen molar-refractivity contribution < 1.29 is 9.13 Å². The molecule has 1 aliphatic rings. The van der Waals surface area contributed by atoms with Crippen LogP contribution in [0.1, 0.15) is 60.8 Å². The van der Waals surface area contributed by atoms with Gasteiger partial charge in [0.1, 0.15) is 0 Å². The van der Waals surface area contributed by atoms with Gasteiger partial charge in [0.05, 0.1) is 19.5 Å². The van der Waals surface area contributed by atoms with E-state index in [2.05, 4.69) is 64.2 Å². The van der Waals surface area contributed by atoms with E-state index < -0.39 is 0 Å². The molecule has 0 N–H and O–H groups in total. The second kappa shape index (κ2) is 11.8. The van der Waals surface area contributed by atoms with Crippen LogP contribution in [0.15, 0.2) is 70.1 Å². The molecule has 0 aromatic rings. The van der Waals surface area contributed by atoms with Crippen LogP contribution in [0, 0.1) is 11.8 Å². The summed E-state index contributed by atoms with van der Waals surface area (Å²) in [6.07, 6.45) is 15.9. The average Bonchev–Trinajstić information content (AvgIpc) is 2.66. The fourth-order valence-corrected chi connectivity index (χ4v) is 3.58. The van der Waals surface area contributed by atoms with E-state index in [4.69, 9.17) is 4.74 Å². The third-order valence-corrected chi connectivity index (χ3v) is 5.11. The number of alkyl halides is 1. The van der Waals surface area contributed by atoms with Gasteiger partial charge in [0, 0.05) is 11.8 Å².